The Labute approximate surface area is 167 Å². The first-order valence-electron chi connectivity index (χ1n) is 9.02. The normalized spacial score (nSPS) is 10.9. The number of H-pyrrole nitrogens is 1. The number of aryl methyl sites for hydroxylation is 2. The molecule has 4 rings (SSSR count). The highest BCUT2D eigenvalue weighted by atomic mass is 32.2. The predicted octanol–water partition coefficient (Wildman–Crippen LogP) is 4.66. The van der Waals surface area contributed by atoms with Crippen molar-refractivity contribution in [2.75, 3.05) is 0 Å². The number of aromatic amines is 1. The summed E-state index contributed by atoms with van der Waals surface area (Å²) in [6.45, 7) is 4.50. The van der Waals surface area contributed by atoms with Gasteiger partial charge in [-0.25, -0.2) is 9.97 Å². The molecule has 0 unspecified atom stereocenters. The zero-order valence-electron chi connectivity index (χ0n) is 15.7. The first-order chi connectivity index (χ1) is 13.6. The molecule has 0 aliphatic carbocycles. The first kappa shape index (κ1) is 18.3. The van der Waals surface area contributed by atoms with Crippen molar-refractivity contribution >= 4 is 28.7 Å². The Bertz CT molecular complexity index is 1120. The van der Waals surface area contributed by atoms with E-state index >= 15 is 0 Å². The van der Waals surface area contributed by atoms with Crippen molar-refractivity contribution in [1.29, 1.82) is 0 Å². The molecule has 0 atom stereocenters. The number of hydrogen-bond acceptors (Lipinski definition) is 4. The van der Waals surface area contributed by atoms with Crippen molar-refractivity contribution in [3.05, 3.63) is 83.3 Å². The molecular weight excluding hydrogens is 368 g/mol. The van der Waals surface area contributed by atoms with Crippen LogP contribution in [-0.4, -0.2) is 20.9 Å². The zero-order valence-corrected chi connectivity index (χ0v) is 16.5. The molecule has 6 heteroatoms. The van der Waals surface area contributed by atoms with Gasteiger partial charge in [-0.3, -0.25) is 4.79 Å². The zero-order chi connectivity index (χ0) is 19.5. The van der Waals surface area contributed by atoms with E-state index in [1.54, 1.807) is 18.3 Å². The largest absolute Gasteiger partial charge is 0.345 e. The van der Waals surface area contributed by atoms with Crippen molar-refractivity contribution in [2.45, 2.75) is 30.3 Å². The molecule has 0 aliphatic heterocycles. The van der Waals surface area contributed by atoms with Gasteiger partial charge in [0.05, 0.1) is 23.1 Å². The molecule has 2 heterocycles. The minimum Gasteiger partial charge on any atom is -0.345 e. The van der Waals surface area contributed by atoms with Gasteiger partial charge >= 0.3 is 0 Å². The summed E-state index contributed by atoms with van der Waals surface area (Å²) in [5, 5.41) is 3.62. The minimum absolute atomic E-state index is 0.167. The molecule has 0 saturated carbocycles. The monoisotopic (exact) mass is 388 g/mol. The van der Waals surface area contributed by atoms with E-state index < -0.39 is 0 Å². The van der Waals surface area contributed by atoms with Crippen LogP contribution in [0, 0.1) is 13.8 Å². The van der Waals surface area contributed by atoms with E-state index in [0.29, 0.717) is 17.1 Å². The fraction of sp³-hybridized carbons (Fsp3) is 0.136. The van der Waals surface area contributed by atoms with E-state index in [9.17, 15) is 4.79 Å². The summed E-state index contributed by atoms with van der Waals surface area (Å²) in [5.74, 6) is 0.557. The van der Waals surface area contributed by atoms with Crippen LogP contribution < -0.4 is 5.32 Å². The highest BCUT2D eigenvalue weighted by Crippen LogP contribution is 2.30. The van der Waals surface area contributed by atoms with E-state index in [2.05, 4.69) is 52.3 Å². The number of fused-ring (bicyclic) bond motifs is 1. The van der Waals surface area contributed by atoms with Crippen molar-refractivity contribution in [2.24, 2.45) is 0 Å². The Balaban J connectivity index is 1.50. The predicted molar refractivity (Wildman–Crippen MR) is 112 cm³/mol. The molecule has 0 bridgehead atoms. The molecule has 1 amide bonds. The third kappa shape index (κ3) is 3.92. The Hall–Kier alpha value is -3.12. The van der Waals surface area contributed by atoms with Gasteiger partial charge in [0.2, 0.25) is 0 Å². The number of aromatic nitrogens is 3. The van der Waals surface area contributed by atoms with Crippen molar-refractivity contribution in [1.82, 2.24) is 20.3 Å². The Morgan fingerprint density at radius 3 is 2.75 bits per heavy atom. The van der Waals surface area contributed by atoms with Gasteiger partial charge in [0.1, 0.15) is 10.9 Å². The molecule has 4 aromatic rings. The third-order valence-electron chi connectivity index (χ3n) is 4.56. The summed E-state index contributed by atoms with van der Waals surface area (Å²) in [5.41, 5.74) is 4.87. The average molecular weight is 388 g/mol. The van der Waals surface area contributed by atoms with Crippen LogP contribution >= 0.6 is 11.8 Å². The lowest BCUT2D eigenvalue weighted by Gasteiger charge is -2.09. The van der Waals surface area contributed by atoms with Gasteiger partial charge in [-0.15, -0.1) is 0 Å². The summed E-state index contributed by atoms with van der Waals surface area (Å²) in [6.07, 6.45) is 1.71. The lowest BCUT2D eigenvalue weighted by atomic mass is 10.1. The molecule has 0 aliphatic rings. The number of imidazole rings is 1. The number of pyridine rings is 1. The van der Waals surface area contributed by atoms with E-state index in [1.807, 2.05) is 24.3 Å². The lowest BCUT2D eigenvalue weighted by molar-refractivity contribution is 0.0946. The summed E-state index contributed by atoms with van der Waals surface area (Å²) in [6, 6.07) is 17.6. The molecule has 28 heavy (non-hydrogen) atoms. The second kappa shape index (κ2) is 7.86. The number of nitrogens with zero attached hydrogens (tertiary/aromatic N) is 2. The quantitative estimate of drug-likeness (QED) is 0.522. The Morgan fingerprint density at radius 1 is 1.07 bits per heavy atom. The molecule has 0 radical (unpaired) electrons. The number of rotatable bonds is 5. The van der Waals surface area contributed by atoms with E-state index in [-0.39, 0.29) is 5.91 Å². The van der Waals surface area contributed by atoms with Crippen LogP contribution in [0.4, 0.5) is 0 Å². The molecule has 2 N–H and O–H groups in total. The fourth-order valence-corrected chi connectivity index (χ4v) is 3.86. The van der Waals surface area contributed by atoms with E-state index in [4.69, 9.17) is 0 Å². The van der Waals surface area contributed by atoms with Gasteiger partial charge in [0.15, 0.2) is 0 Å². The topological polar surface area (TPSA) is 70.7 Å². The van der Waals surface area contributed by atoms with Gasteiger partial charge in [-0.1, -0.05) is 30.0 Å². The Kier molecular flexibility index (Phi) is 5.12. The smallest absolute Gasteiger partial charge is 0.254 e. The highest BCUT2D eigenvalue weighted by Gasteiger charge is 2.14. The Morgan fingerprint density at radius 2 is 1.93 bits per heavy atom. The number of amides is 1. The van der Waals surface area contributed by atoms with Crippen molar-refractivity contribution in [3.8, 4) is 0 Å². The van der Waals surface area contributed by atoms with Crippen LogP contribution in [0.3, 0.4) is 0 Å². The summed E-state index contributed by atoms with van der Waals surface area (Å²) in [4.78, 5) is 26.0. The maximum atomic E-state index is 12.8. The van der Waals surface area contributed by atoms with Crippen LogP contribution in [0.1, 0.15) is 27.3 Å². The van der Waals surface area contributed by atoms with Crippen LogP contribution in [0.15, 0.2) is 70.7 Å². The molecule has 0 spiro atoms. The van der Waals surface area contributed by atoms with Gasteiger partial charge in [0, 0.05) is 11.1 Å². The summed E-state index contributed by atoms with van der Waals surface area (Å²) >= 11 is 1.50. The third-order valence-corrected chi connectivity index (χ3v) is 5.57. The molecule has 2 aromatic heterocycles. The molecule has 140 valence electrons. The van der Waals surface area contributed by atoms with Crippen LogP contribution in [0.5, 0.6) is 0 Å². The fourth-order valence-electron chi connectivity index (χ4n) is 2.88. The second-order valence-electron chi connectivity index (χ2n) is 6.59. The van der Waals surface area contributed by atoms with Gasteiger partial charge in [-0.05, 0) is 61.4 Å². The van der Waals surface area contributed by atoms with Gasteiger partial charge in [-0.2, -0.15) is 0 Å². The number of hydrogen-bond donors (Lipinski definition) is 2. The van der Waals surface area contributed by atoms with Crippen molar-refractivity contribution < 1.29 is 4.79 Å². The van der Waals surface area contributed by atoms with Crippen LogP contribution in [-0.2, 0) is 6.54 Å². The number of nitrogens with one attached hydrogen (secondary N) is 2. The van der Waals surface area contributed by atoms with Crippen LogP contribution in [0.25, 0.3) is 11.0 Å². The lowest BCUT2D eigenvalue weighted by Crippen LogP contribution is -2.24. The van der Waals surface area contributed by atoms with Crippen LogP contribution in [0.2, 0.25) is 0 Å². The maximum absolute atomic E-state index is 12.8. The maximum Gasteiger partial charge on any atom is 0.254 e. The molecule has 2 aromatic carbocycles. The number of benzene rings is 2. The summed E-state index contributed by atoms with van der Waals surface area (Å²) in [7, 11) is 0. The number of carbonyl (C=O) groups excluding carboxylic acids is 1. The van der Waals surface area contributed by atoms with E-state index in [1.165, 1.54) is 22.9 Å². The molecule has 5 nitrogen and oxygen atoms in total. The highest BCUT2D eigenvalue weighted by molar-refractivity contribution is 7.99. The van der Waals surface area contributed by atoms with Gasteiger partial charge in [0.25, 0.3) is 5.91 Å². The molecule has 0 saturated heterocycles. The molecular formula is C22H20N4OS. The minimum atomic E-state index is -0.167. The SMILES string of the molecule is Cc1ccc(Sc2ncccc2C(=O)NCc2nc3ccccc3[nH]2)cc1C. The second-order valence-corrected chi connectivity index (χ2v) is 7.65. The average Bonchev–Trinajstić information content (AvgIpc) is 3.12. The first-order valence-corrected chi connectivity index (χ1v) is 9.84. The van der Waals surface area contributed by atoms with Crippen molar-refractivity contribution in [3.63, 3.8) is 0 Å². The molecule has 0 fully saturated rings. The summed E-state index contributed by atoms with van der Waals surface area (Å²) < 4.78 is 0. The number of carbonyl (C=O) groups is 1. The number of para-hydroxylation sites is 2. The van der Waals surface area contributed by atoms with E-state index in [0.717, 1.165) is 21.8 Å². The standard InChI is InChI=1S/C22H20N4OS/c1-14-9-10-16(12-15(14)2)28-22-17(6-5-11-23-22)21(27)24-13-20-25-18-7-3-4-8-19(18)26-20/h3-12H,13H2,1-2H3,(H,24,27)(H,25,26). The van der Waals surface area contributed by atoms with Gasteiger partial charge < -0.3 is 10.3 Å².